The van der Waals surface area contributed by atoms with Crippen LogP contribution in [-0.2, 0) is 9.63 Å². The van der Waals surface area contributed by atoms with Crippen molar-refractivity contribution in [2.45, 2.75) is 20.8 Å². The molecule has 0 aliphatic carbocycles. The van der Waals surface area contributed by atoms with E-state index < -0.39 is 5.91 Å². The molecule has 0 aromatic carbocycles. The highest BCUT2D eigenvalue weighted by molar-refractivity contribution is 6.44. The van der Waals surface area contributed by atoms with Crippen LogP contribution in [0.2, 0.25) is 0 Å². The highest BCUT2D eigenvalue weighted by Crippen LogP contribution is 2.27. The zero-order valence-corrected chi connectivity index (χ0v) is 7.42. The van der Waals surface area contributed by atoms with Crippen molar-refractivity contribution in [3.8, 4) is 0 Å². The van der Waals surface area contributed by atoms with Crippen LogP contribution in [0.25, 0.3) is 0 Å². The van der Waals surface area contributed by atoms with E-state index in [1.54, 1.807) is 0 Å². The van der Waals surface area contributed by atoms with Crippen LogP contribution in [0, 0.1) is 5.41 Å². The van der Waals surface area contributed by atoms with Gasteiger partial charge in [0.05, 0.1) is 5.57 Å². The standard InChI is InChI=1S/C8H12N2O2/c1-8(2,3)5-4-12-10-6(5)7(9)11/h4H,1-3H3,(H2,9,11)/q+1. The van der Waals surface area contributed by atoms with Crippen LogP contribution in [0.1, 0.15) is 20.8 Å². The van der Waals surface area contributed by atoms with Crippen molar-refractivity contribution in [1.82, 2.24) is 5.16 Å². The van der Waals surface area contributed by atoms with Gasteiger partial charge >= 0.3 is 16.8 Å². The molecule has 1 rings (SSSR count). The summed E-state index contributed by atoms with van der Waals surface area (Å²) in [4.78, 5) is 15.5. The molecule has 0 aromatic rings. The quantitative estimate of drug-likeness (QED) is 0.604. The first-order valence-corrected chi connectivity index (χ1v) is 3.67. The lowest BCUT2D eigenvalue weighted by Gasteiger charge is -2.14. The van der Waals surface area contributed by atoms with E-state index >= 15 is 0 Å². The van der Waals surface area contributed by atoms with Gasteiger partial charge in [0.1, 0.15) is 0 Å². The molecule has 65 valence electrons. The van der Waals surface area contributed by atoms with E-state index in [0.29, 0.717) is 0 Å². The van der Waals surface area contributed by atoms with Gasteiger partial charge in [-0.05, 0) is 5.41 Å². The Morgan fingerprint density at radius 1 is 1.58 bits per heavy atom. The SMILES string of the molecule is CC(C)(C)C1=CO[N+]=C1C(N)=O. The second-order valence-electron chi connectivity index (χ2n) is 3.69. The van der Waals surface area contributed by atoms with Crippen molar-refractivity contribution in [2.75, 3.05) is 0 Å². The van der Waals surface area contributed by atoms with E-state index in [1.165, 1.54) is 6.26 Å². The third-order valence-corrected chi connectivity index (χ3v) is 1.61. The maximum absolute atomic E-state index is 10.8. The average molecular weight is 168 g/mol. The molecule has 0 saturated carbocycles. The molecule has 2 N–H and O–H groups in total. The molecule has 0 atom stereocenters. The van der Waals surface area contributed by atoms with Crippen molar-refractivity contribution in [3.05, 3.63) is 11.8 Å². The molecule has 4 heteroatoms. The van der Waals surface area contributed by atoms with Gasteiger partial charge < -0.3 is 5.73 Å². The van der Waals surface area contributed by atoms with Crippen LogP contribution in [-0.4, -0.2) is 11.6 Å². The van der Waals surface area contributed by atoms with E-state index in [1.807, 2.05) is 20.8 Å². The van der Waals surface area contributed by atoms with E-state index in [4.69, 9.17) is 5.73 Å². The summed E-state index contributed by atoms with van der Waals surface area (Å²) in [7, 11) is 0. The van der Waals surface area contributed by atoms with Gasteiger partial charge in [0.2, 0.25) is 0 Å². The smallest absolute Gasteiger partial charge is 0.360 e. The lowest BCUT2D eigenvalue weighted by atomic mass is 9.84. The Hall–Kier alpha value is -1.32. The Kier molecular flexibility index (Phi) is 1.92. The summed E-state index contributed by atoms with van der Waals surface area (Å²) in [5, 5.41) is 3.53. The summed E-state index contributed by atoms with van der Waals surface area (Å²) in [5.41, 5.74) is 5.90. The first-order valence-electron chi connectivity index (χ1n) is 3.67. The number of hydrogen-bond acceptors (Lipinski definition) is 3. The molecule has 0 bridgehead atoms. The maximum Gasteiger partial charge on any atom is 0.408 e. The van der Waals surface area contributed by atoms with Gasteiger partial charge in [-0.25, -0.2) is 0 Å². The number of rotatable bonds is 1. The van der Waals surface area contributed by atoms with E-state index in [2.05, 4.69) is 9.99 Å². The van der Waals surface area contributed by atoms with Crippen molar-refractivity contribution < 1.29 is 9.63 Å². The fourth-order valence-electron chi connectivity index (χ4n) is 0.946. The molecule has 0 unspecified atom stereocenters. The highest BCUT2D eigenvalue weighted by atomic mass is 16.6. The van der Waals surface area contributed by atoms with Crippen molar-refractivity contribution in [1.29, 1.82) is 0 Å². The van der Waals surface area contributed by atoms with Gasteiger partial charge in [-0.2, -0.15) is 4.84 Å². The Bertz CT molecular complexity index is 271. The summed E-state index contributed by atoms with van der Waals surface area (Å²) in [6.45, 7) is 5.89. The molecular weight excluding hydrogens is 156 g/mol. The molecule has 1 heterocycles. The number of nitrogens with zero attached hydrogens (tertiary/aromatic N) is 1. The largest absolute Gasteiger partial charge is 0.408 e. The van der Waals surface area contributed by atoms with E-state index in [9.17, 15) is 4.79 Å². The molecule has 0 spiro atoms. The summed E-state index contributed by atoms with van der Waals surface area (Å²) in [6.07, 6.45) is 1.46. The molecule has 0 fully saturated rings. The first kappa shape index (κ1) is 8.77. The highest BCUT2D eigenvalue weighted by Gasteiger charge is 2.39. The van der Waals surface area contributed by atoms with Crippen LogP contribution in [0.3, 0.4) is 0 Å². The lowest BCUT2D eigenvalue weighted by molar-refractivity contribution is -0.112. The lowest BCUT2D eigenvalue weighted by Crippen LogP contribution is -2.31. The zero-order valence-electron chi connectivity index (χ0n) is 7.42. The predicted octanol–water partition coefficient (Wildman–Crippen LogP) is 0.124. The van der Waals surface area contributed by atoms with Gasteiger partial charge in [-0.1, -0.05) is 20.8 Å². The van der Waals surface area contributed by atoms with Gasteiger partial charge in [-0.15, -0.1) is 0 Å². The Morgan fingerprint density at radius 3 is 2.50 bits per heavy atom. The zero-order chi connectivity index (χ0) is 9.35. The second-order valence-corrected chi connectivity index (χ2v) is 3.69. The molecule has 1 radical (unpaired) electrons. The summed E-state index contributed by atoms with van der Waals surface area (Å²) >= 11 is 0. The molecule has 12 heavy (non-hydrogen) atoms. The monoisotopic (exact) mass is 168 g/mol. The third-order valence-electron chi connectivity index (χ3n) is 1.61. The number of amides is 1. The molecule has 0 aromatic heterocycles. The Labute approximate surface area is 71.1 Å². The minimum Gasteiger partial charge on any atom is -0.360 e. The molecule has 1 aliphatic heterocycles. The maximum atomic E-state index is 10.8. The fourth-order valence-corrected chi connectivity index (χ4v) is 0.946. The summed E-state index contributed by atoms with van der Waals surface area (Å²) in [5.74, 6) is -0.548. The summed E-state index contributed by atoms with van der Waals surface area (Å²) in [6, 6.07) is 0. The summed E-state index contributed by atoms with van der Waals surface area (Å²) < 4.78 is 0. The van der Waals surface area contributed by atoms with Crippen LogP contribution in [0.4, 0.5) is 0 Å². The second kappa shape index (κ2) is 2.62. The number of nitrogens with two attached hydrogens (primary N) is 1. The number of carbonyl (C=O) groups excluding carboxylic acids is 1. The normalized spacial score (nSPS) is 16.6. The minimum atomic E-state index is -0.548. The van der Waals surface area contributed by atoms with Crippen LogP contribution in [0.15, 0.2) is 11.8 Å². The fraction of sp³-hybridized carbons (Fsp3) is 0.500. The van der Waals surface area contributed by atoms with Crippen LogP contribution >= 0.6 is 0 Å². The topological polar surface area (TPSA) is 66.4 Å². The van der Waals surface area contributed by atoms with Gasteiger partial charge in [0.25, 0.3) is 0 Å². The van der Waals surface area contributed by atoms with E-state index in [0.717, 1.165) is 5.57 Å². The van der Waals surface area contributed by atoms with E-state index in [-0.39, 0.29) is 11.1 Å². The molecule has 0 saturated heterocycles. The van der Waals surface area contributed by atoms with Crippen LogP contribution < -0.4 is 10.9 Å². The number of primary amides is 1. The van der Waals surface area contributed by atoms with Crippen molar-refractivity contribution in [3.63, 3.8) is 0 Å². The Morgan fingerprint density at radius 2 is 2.17 bits per heavy atom. The number of carbonyl (C=O) groups is 1. The number of oxime groups is 1. The minimum absolute atomic E-state index is 0.162. The molecule has 1 amide bonds. The molecule has 4 nitrogen and oxygen atoms in total. The first-order chi connectivity index (χ1) is 5.43. The average Bonchev–Trinajstić information content (AvgIpc) is 2.30. The molecular formula is C8H12N2O2+. The molecule has 1 aliphatic rings. The van der Waals surface area contributed by atoms with Crippen molar-refractivity contribution in [2.24, 2.45) is 11.1 Å². The number of hydrogen-bond donors (Lipinski definition) is 1. The predicted molar refractivity (Wildman–Crippen MR) is 45.0 cm³/mol. The van der Waals surface area contributed by atoms with Crippen molar-refractivity contribution >= 4 is 11.6 Å². The Balaban J connectivity index is 2.96. The van der Waals surface area contributed by atoms with Gasteiger partial charge in [0.15, 0.2) is 6.26 Å². The van der Waals surface area contributed by atoms with Gasteiger partial charge in [-0.3, -0.25) is 4.79 Å². The van der Waals surface area contributed by atoms with Gasteiger partial charge in [0, 0.05) is 0 Å². The van der Waals surface area contributed by atoms with Crippen LogP contribution in [0.5, 0.6) is 0 Å². The third kappa shape index (κ3) is 1.47.